The molecule has 2 aromatic rings. The number of nitrogens with zero attached hydrogens (tertiary/aromatic N) is 2. The minimum atomic E-state index is -1.42. The number of aromatic hydroxyl groups is 2. The number of hydrogen-bond acceptors (Lipinski definition) is 9. The van der Waals surface area contributed by atoms with Crippen molar-refractivity contribution in [2.24, 2.45) is 0 Å². The van der Waals surface area contributed by atoms with Gasteiger partial charge in [0.2, 0.25) is 0 Å². The zero-order valence-corrected chi connectivity index (χ0v) is 20.7. The summed E-state index contributed by atoms with van der Waals surface area (Å²) in [7, 11) is 0. The number of benzene rings is 1. The molecule has 1 amide bonds. The number of carbonyl (C=O) groups is 3. The molecule has 3 heterocycles. The molecule has 11 heteroatoms. The molecule has 2 aliphatic rings. The average molecular weight is 478 g/mol. The van der Waals surface area contributed by atoms with E-state index < -0.39 is 34.0 Å². The van der Waals surface area contributed by atoms with Crippen molar-refractivity contribution >= 4 is 35.7 Å². The molecule has 4 rings (SSSR count). The van der Waals surface area contributed by atoms with Gasteiger partial charge in [0.25, 0.3) is 5.91 Å². The number of aromatic nitrogens is 1. The number of carboxylic acids is 1. The summed E-state index contributed by atoms with van der Waals surface area (Å²) in [6, 6.07) is 7.96. The first-order valence-corrected chi connectivity index (χ1v) is 10.6. The van der Waals surface area contributed by atoms with Crippen LogP contribution in [0, 0.1) is 0 Å². The minimum absolute atomic E-state index is 0. The Bertz CT molecular complexity index is 1130. The van der Waals surface area contributed by atoms with Crippen LogP contribution in [0.25, 0.3) is 6.08 Å². The molecule has 0 aliphatic carbocycles. The smallest absolute Gasteiger partial charge is 0.548 e. The Morgan fingerprint density at radius 1 is 1.27 bits per heavy atom. The number of hydrogen-bond donors (Lipinski definition) is 2. The van der Waals surface area contributed by atoms with Gasteiger partial charge in [0.1, 0.15) is 12.0 Å². The number of β-lactam (4-membered cyclic amide) rings is 1. The fourth-order valence-corrected chi connectivity index (χ4v) is 5.38. The Morgan fingerprint density at radius 2 is 2.03 bits per heavy atom. The Labute approximate surface area is 215 Å². The second-order valence-corrected chi connectivity index (χ2v) is 9.35. The average Bonchev–Trinajstić information content (AvgIpc) is 3.04. The molecular formula is C22H19N2NaO7S. The first-order valence-electron chi connectivity index (χ1n) is 9.70. The number of phenolic OH excluding ortho intramolecular Hbond substituents is 2. The van der Waals surface area contributed by atoms with E-state index in [9.17, 15) is 29.7 Å². The van der Waals surface area contributed by atoms with Crippen LogP contribution in [0.4, 0.5) is 0 Å². The summed E-state index contributed by atoms with van der Waals surface area (Å²) in [5.74, 6) is -3.15. The van der Waals surface area contributed by atoms with E-state index in [2.05, 4.69) is 4.98 Å². The molecule has 2 aliphatic heterocycles. The Morgan fingerprint density at radius 3 is 2.67 bits per heavy atom. The van der Waals surface area contributed by atoms with Gasteiger partial charge in [0.05, 0.1) is 34.4 Å². The van der Waals surface area contributed by atoms with E-state index in [1.807, 2.05) is 0 Å². The van der Waals surface area contributed by atoms with Crippen LogP contribution in [0.5, 0.6) is 11.5 Å². The molecule has 0 unspecified atom stereocenters. The molecule has 33 heavy (non-hydrogen) atoms. The van der Waals surface area contributed by atoms with Crippen molar-refractivity contribution in [2.45, 2.75) is 29.5 Å². The van der Waals surface area contributed by atoms with E-state index >= 15 is 0 Å². The largest absolute Gasteiger partial charge is 1.00 e. The molecule has 3 atom stereocenters. The maximum Gasteiger partial charge on any atom is 1.00 e. The van der Waals surface area contributed by atoms with Crippen molar-refractivity contribution in [2.75, 3.05) is 6.61 Å². The molecule has 2 fully saturated rings. The summed E-state index contributed by atoms with van der Waals surface area (Å²) in [6.07, 6.45) is 3.04. The third-order valence-electron chi connectivity index (χ3n) is 5.36. The third-order valence-corrected chi connectivity index (χ3v) is 6.94. The number of ether oxygens (including phenoxy) is 1. The van der Waals surface area contributed by atoms with Crippen molar-refractivity contribution in [1.29, 1.82) is 0 Å². The molecule has 1 aromatic carbocycles. The summed E-state index contributed by atoms with van der Waals surface area (Å²) >= 11 is 1.22. The standard InChI is InChI=1S/C22H20N2O7S.Na/c1-22(11-31-17(27)9-12-5-6-15(25)16(26)8-12)18(21(29)30)24-19(28)14(20(24)32-22)10-13-4-2-3-7-23-13;/h2-8,10,18,20,25-26H,9,11H2,1H3,(H,29,30);/q;+1/p-1/b14-10-;/t18-,20+,22-;/m0./s1. The van der Waals surface area contributed by atoms with Crippen molar-refractivity contribution in [3.8, 4) is 11.5 Å². The van der Waals surface area contributed by atoms with Gasteiger partial charge in [0.15, 0.2) is 11.5 Å². The van der Waals surface area contributed by atoms with E-state index in [4.69, 9.17) is 4.74 Å². The zero-order chi connectivity index (χ0) is 23.0. The van der Waals surface area contributed by atoms with E-state index in [0.717, 1.165) is 0 Å². The summed E-state index contributed by atoms with van der Waals surface area (Å²) in [5.41, 5.74) is 1.43. The number of rotatable bonds is 6. The fraction of sp³-hybridized carbons (Fsp3) is 0.273. The van der Waals surface area contributed by atoms with Crippen LogP contribution in [0.3, 0.4) is 0 Å². The molecule has 2 N–H and O–H groups in total. The van der Waals surface area contributed by atoms with Gasteiger partial charge in [-0.15, -0.1) is 11.8 Å². The second kappa shape index (κ2) is 9.76. The van der Waals surface area contributed by atoms with Crippen molar-refractivity contribution < 1.29 is 64.0 Å². The molecule has 2 saturated heterocycles. The summed E-state index contributed by atoms with van der Waals surface area (Å²) in [4.78, 5) is 42.2. The summed E-state index contributed by atoms with van der Waals surface area (Å²) in [6.45, 7) is 1.36. The van der Waals surface area contributed by atoms with Gasteiger partial charge in [-0.05, 0) is 42.8 Å². The number of aliphatic carboxylic acids is 1. The van der Waals surface area contributed by atoms with Crippen LogP contribution in [0.1, 0.15) is 18.2 Å². The first-order chi connectivity index (χ1) is 15.2. The molecule has 0 saturated carbocycles. The van der Waals surface area contributed by atoms with E-state index in [1.165, 1.54) is 34.9 Å². The van der Waals surface area contributed by atoms with Crippen LogP contribution in [-0.4, -0.2) is 60.7 Å². The quantitative estimate of drug-likeness (QED) is 0.151. The minimum Gasteiger partial charge on any atom is -0.548 e. The second-order valence-electron chi connectivity index (χ2n) is 7.73. The van der Waals surface area contributed by atoms with Gasteiger partial charge in [0, 0.05) is 6.20 Å². The van der Waals surface area contributed by atoms with Crippen LogP contribution in [0.15, 0.2) is 48.2 Å². The summed E-state index contributed by atoms with van der Waals surface area (Å²) < 4.78 is 4.21. The maximum absolute atomic E-state index is 12.7. The van der Waals surface area contributed by atoms with Gasteiger partial charge in [-0.3, -0.25) is 14.6 Å². The van der Waals surface area contributed by atoms with Gasteiger partial charge < -0.3 is 29.8 Å². The van der Waals surface area contributed by atoms with Gasteiger partial charge in [-0.25, -0.2) is 0 Å². The Balaban J connectivity index is 0.00000306. The molecular weight excluding hydrogens is 459 g/mol. The van der Waals surface area contributed by atoms with E-state index in [0.29, 0.717) is 16.8 Å². The van der Waals surface area contributed by atoms with Crippen LogP contribution < -0.4 is 34.7 Å². The van der Waals surface area contributed by atoms with E-state index in [1.54, 1.807) is 37.4 Å². The van der Waals surface area contributed by atoms with Gasteiger partial charge in [-0.1, -0.05) is 12.1 Å². The number of fused-ring (bicyclic) bond motifs is 1. The maximum atomic E-state index is 12.7. The van der Waals surface area contributed by atoms with Crippen molar-refractivity contribution in [1.82, 2.24) is 9.88 Å². The number of carbonyl (C=O) groups excluding carboxylic acids is 3. The molecule has 0 bridgehead atoms. The first kappa shape index (κ1) is 25.1. The predicted molar refractivity (Wildman–Crippen MR) is 112 cm³/mol. The van der Waals surface area contributed by atoms with Gasteiger partial charge in [-0.2, -0.15) is 0 Å². The zero-order valence-electron chi connectivity index (χ0n) is 17.9. The number of carboxylic acid groups (broad SMARTS) is 1. The van der Waals surface area contributed by atoms with Crippen molar-refractivity contribution in [3.63, 3.8) is 0 Å². The number of pyridine rings is 1. The number of thioether (sulfide) groups is 1. The number of amides is 1. The third kappa shape index (κ3) is 4.89. The monoisotopic (exact) mass is 478 g/mol. The SMILES string of the molecule is C[C@@]1(COC(=O)Cc2ccc(O)c(O)c2)S[C@@H]2/C(=C\c3ccccn3)C(=O)N2[C@H]1C(=O)[O-].[Na+]. The topological polar surface area (TPSA) is 140 Å². The normalized spacial score (nSPS) is 24.6. The Kier molecular flexibility index (Phi) is 7.42. The fourth-order valence-electron chi connectivity index (χ4n) is 3.78. The number of esters is 1. The van der Waals surface area contributed by atoms with Crippen LogP contribution >= 0.6 is 11.8 Å². The predicted octanol–water partition coefficient (Wildman–Crippen LogP) is -2.54. The van der Waals surface area contributed by atoms with Crippen LogP contribution in [-0.2, 0) is 25.5 Å². The Hall–Kier alpha value is -2.53. The summed E-state index contributed by atoms with van der Waals surface area (Å²) in [5, 5.41) is 30.3. The van der Waals surface area contributed by atoms with Crippen molar-refractivity contribution in [3.05, 3.63) is 59.4 Å². The molecule has 1 aromatic heterocycles. The molecule has 0 radical (unpaired) electrons. The van der Waals surface area contributed by atoms with Crippen LogP contribution in [0.2, 0.25) is 0 Å². The molecule has 0 spiro atoms. The number of phenols is 2. The van der Waals surface area contributed by atoms with Gasteiger partial charge >= 0.3 is 35.5 Å². The van der Waals surface area contributed by atoms with E-state index in [-0.39, 0.29) is 54.1 Å². The molecule has 9 nitrogen and oxygen atoms in total. The molecule has 166 valence electrons.